The number of thiophene rings is 1. The van der Waals surface area contributed by atoms with Gasteiger partial charge in [-0.05, 0) is 51.0 Å². The van der Waals surface area contributed by atoms with Crippen LogP contribution in [0.3, 0.4) is 0 Å². The number of carbonyl (C=O) groups excluding carboxylic acids is 1. The van der Waals surface area contributed by atoms with Crippen LogP contribution in [-0.4, -0.2) is 52.5 Å². The fraction of sp³-hybridized carbons (Fsp3) is 0.348. The first-order valence-corrected chi connectivity index (χ1v) is 14.8. The van der Waals surface area contributed by atoms with E-state index >= 15 is 0 Å². The number of sulfonamides is 1. The van der Waals surface area contributed by atoms with Crippen molar-refractivity contribution in [1.29, 1.82) is 0 Å². The molecule has 0 saturated carbocycles. The number of hydrogen-bond acceptors (Lipinski definition) is 7. The zero-order chi connectivity index (χ0) is 26.5. The molecule has 1 aliphatic rings. The fourth-order valence-corrected chi connectivity index (χ4v) is 8.76. The Morgan fingerprint density at radius 3 is 2.68 bits per heavy atom. The third kappa shape index (κ3) is 5.02. The second-order valence-corrected chi connectivity index (χ2v) is 13.5. The Bertz CT molecular complexity index is 1600. The van der Waals surface area contributed by atoms with Gasteiger partial charge in [0.05, 0.1) is 21.3 Å². The standard InChI is InChI=1S/C23H22ClF2N5O3S3/c1-13-10-14(2)30(28-13)9-8-29(23-27-21-16(26)11-15(25)12-18(21)35-23)22(32)17-4-3-7-31(17)37(33,34)20-6-5-19(24)36-20/h5-6,10-12,17H,3-4,7-9H2,1-2H3. The minimum atomic E-state index is -3.96. The Kier molecular flexibility index (Phi) is 7.09. The van der Waals surface area contributed by atoms with Crippen molar-refractivity contribution in [2.45, 2.75) is 43.5 Å². The van der Waals surface area contributed by atoms with Crippen molar-refractivity contribution < 1.29 is 22.0 Å². The highest BCUT2D eigenvalue weighted by Gasteiger charge is 2.42. The van der Waals surface area contributed by atoms with E-state index in [1.807, 2.05) is 19.9 Å². The number of nitrogens with zero attached hydrogens (tertiary/aromatic N) is 5. The Morgan fingerprint density at radius 2 is 2.00 bits per heavy atom. The molecule has 14 heteroatoms. The summed E-state index contributed by atoms with van der Waals surface area (Å²) in [5.41, 5.74) is 1.66. The maximum Gasteiger partial charge on any atom is 0.253 e. The number of benzene rings is 1. The maximum atomic E-state index is 14.4. The van der Waals surface area contributed by atoms with Crippen LogP contribution in [0, 0.1) is 25.5 Å². The number of fused-ring (bicyclic) bond motifs is 1. The van der Waals surface area contributed by atoms with Gasteiger partial charge in [-0.1, -0.05) is 22.9 Å². The van der Waals surface area contributed by atoms with Gasteiger partial charge in [-0.2, -0.15) is 9.40 Å². The van der Waals surface area contributed by atoms with Crippen LogP contribution in [0.25, 0.3) is 10.2 Å². The minimum absolute atomic E-state index is 0.0468. The van der Waals surface area contributed by atoms with Crippen molar-refractivity contribution in [1.82, 2.24) is 19.1 Å². The highest BCUT2D eigenvalue weighted by atomic mass is 35.5. The van der Waals surface area contributed by atoms with Crippen molar-refractivity contribution in [2.24, 2.45) is 0 Å². The molecule has 1 amide bonds. The molecule has 1 saturated heterocycles. The fourth-order valence-electron chi connectivity index (χ4n) is 4.46. The van der Waals surface area contributed by atoms with Gasteiger partial charge in [-0.25, -0.2) is 22.2 Å². The first-order valence-electron chi connectivity index (χ1n) is 11.4. The van der Waals surface area contributed by atoms with Crippen molar-refractivity contribution in [3.05, 3.63) is 57.7 Å². The molecule has 1 aromatic carbocycles. The molecule has 3 aromatic heterocycles. The van der Waals surface area contributed by atoms with Gasteiger partial charge in [0.2, 0.25) is 5.91 Å². The summed E-state index contributed by atoms with van der Waals surface area (Å²) in [5.74, 6) is -2.06. The Balaban J connectivity index is 1.51. The van der Waals surface area contributed by atoms with E-state index in [0.29, 0.717) is 23.7 Å². The van der Waals surface area contributed by atoms with Crippen molar-refractivity contribution >= 4 is 65.6 Å². The van der Waals surface area contributed by atoms with E-state index in [9.17, 15) is 22.0 Å². The molecule has 5 rings (SSSR count). The number of hydrogen-bond donors (Lipinski definition) is 0. The van der Waals surface area contributed by atoms with Gasteiger partial charge in [-0.15, -0.1) is 11.3 Å². The highest BCUT2D eigenvalue weighted by Crippen LogP contribution is 2.35. The number of amides is 1. The summed E-state index contributed by atoms with van der Waals surface area (Å²) < 4.78 is 58.6. The number of aromatic nitrogens is 3. The Morgan fingerprint density at radius 1 is 1.22 bits per heavy atom. The molecular formula is C23H22ClF2N5O3S3. The number of rotatable bonds is 7. The first kappa shape index (κ1) is 26.2. The van der Waals surface area contributed by atoms with Gasteiger partial charge in [0.25, 0.3) is 10.0 Å². The normalized spacial score (nSPS) is 16.6. The minimum Gasteiger partial charge on any atom is -0.285 e. The first-order chi connectivity index (χ1) is 17.5. The Labute approximate surface area is 225 Å². The van der Waals surface area contributed by atoms with Crippen molar-refractivity contribution in [2.75, 3.05) is 18.0 Å². The van der Waals surface area contributed by atoms with Crippen LogP contribution < -0.4 is 4.90 Å². The molecule has 1 aliphatic heterocycles. The number of aryl methyl sites for hydroxylation is 2. The highest BCUT2D eigenvalue weighted by molar-refractivity contribution is 7.91. The molecule has 1 unspecified atom stereocenters. The molecule has 196 valence electrons. The summed E-state index contributed by atoms with van der Waals surface area (Å²) in [6, 6.07) is 5.76. The zero-order valence-corrected chi connectivity index (χ0v) is 23.0. The quantitative estimate of drug-likeness (QED) is 0.305. The van der Waals surface area contributed by atoms with E-state index in [-0.39, 0.29) is 32.6 Å². The van der Waals surface area contributed by atoms with Crippen LogP contribution in [0.15, 0.2) is 34.5 Å². The smallest absolute Gasteiger partial charge is 0.253 e. The maximum absolute atomic E-state index is 14.4. The lowest BCUT2D eigenvalue weighted by Crippen LogP contribution is -2.48. The molecule has 37 heavy (non-hydrogen) atoms. The van der Waals surface area contributed by atoms with Gasteiger partial charge in [0.15, 0.2) is 10.9 Å². The van der Waals surface area contributed by atoms with Crippen LogP contribution >= 0.6 is 34.3 Å². The molecule has 1 fully saturated rings. The second kappa shape index (κ2) is 10.0. The molecule has 0 aliphatic carbocycles. The van der Waals surface area contributed by atoms with Crippen molar-refractivity contribution in [3.63, 3.8) is 0 Å². The molecule has 1 atom stereocenters. The third-order valence-electron chi connectivity index (χ3n) is 6.14. The van der Waals surface area contributed by atoms with Gasteiger partial charge < -0.3 is 0 Å². The summed E-state index contributed by atoms with van der Waals surface area (Å²) in [6.45, 7) is 4.34. The van der Waals surface area contributed by atoms with Crippen LogP contribution in [0.5, 0.6) is 0 Å². The largest absolute Gasteiger partial charge is 0.285 e. The third-order valence-corrected chi connectivity index (χ3v) is 10.8. The van der Waals surface area contributed by atoms with Crippen LogP contribution in [0.2, 0.25) is 4.34 Å². The lowest BCUT2D eigenvalue weighted by atomic mass is 10.2. The molecular weight excluding hydrogens is 564 g/mol. The van der Waals surface area contributed by atoms with E-state index in [1.165, 1.54) is 21.3 Å². The van der Waals surface area contributed by atoms with Crippen LogP contribution in [0.1, 0.15) is 24.2 Å². The molecule has 8 nitrogen and oxygen atoms in total. The second-order valence-electron chi connectivity index (χ2n) is 8.70. The van der Waals surface area contributed by atoms with E-state index in [0.717, 1.165) is 46.2 Å². The summed E-state index contributed by atoms with van der Waals surface area (Å²) in [7, 11) is -3.96. The number of anilines is 1. The predicted molar refractivity (Wildman–Crippen MR) is 140 cm³/mol. The molecule has 0 radical (unpaired) electrons. The van der Waals surface area contributed by atoms with E-state index in [1.54, 1.807) is 4.68 Å². The summed E-state index contributed by atoms with van der Waals surface area (Å²) in [6.07, 6.45) is 0.821. The van der Waals surface area contributed by atoms with Crippen LogP contribution in [0.4, 0.5) is 13.9 Å². The SMILES string of the molecule is Cc1cc(C)n(CCN(C(=O)C2CCCN2S(=O)(=O)c2ccc(Cl)s2)c2nc3c(F)cc(F)cc3s2)n1. The average molecular weight is 586 g/mol. The molecule has 4 aromatic rings. The number of thiazole rings is 1. The van der Waals surface area contributed by atoms with E-state index in [4.69, 9.17) is 11.6 Å². The number of carbonyl (C=O) groups is 1. The average Bonchev–Trinajstić information content (AvgIpc) is 3.61. The predicted octanol–water partition coefficient (Wildman–Crippen LogP) is 4.99. The molecule has 0 N–H and O–H groups in total. The summed E-state index contributed by atoms with van der Waals surface area (Å²) in [5, 5.41) is 4.59. The van der Waals surface area contributed by atoms with Crippen molar-refractivity contribution in [3.8, 4) is 0 Å². The molecule has 0 spiro atoms. The van der Waals surface area contributed by atoms with Gasteiger partial charge in [0, 0.05) is 24.8 Å². The Hall–Kier alpha value is -2.45. The zero-order valence-electron chi connectivity index (χ0n) is 19.8. The monoisotopic (exact) mass is 585 g/mol. The summed E-state index contributed by atoms with van der Waals surface area (Å²) >= 11 is 7.87. The lowest BCUT2D eigenvalue weighted by Gasteiger charge is -2.28. The lowest BCUT2D eigenvalue weighted by molar-refractivity contribution is -0.121. The topological polar surface area (TPSA) is 88.4 Å². The van der Waals surface area contributed by atoms with Gasteiger partial charge in [0.1, 0.15) is 21.6 Å². The molecule has 0 bridgehead atoms. The van der Waals surface area contributed by atoms with Gasteiger partial charge >= 0.3 is 0 Å². The van der Waals surface area contributed by atoms with E-state index in [2.05, 4.69) is 10.1 Å². The molecule has 4 heterocycles. The van der Waals surface area contributed by atoms with E-state index < -0.39 is 33.6 Å². The summed E-state index contributed by atoms with van der Waals surface area (Å²) in [4.78, 5) is 19.6. The number of halogens is 3. The van der Waals surface area contributed by atoms with Gasteiger partial charge in [-0.3, -0.25) is 14.4 Å². The van der Waals surface area contributed by atoms with Crippen LogP contribution in [-0.2, 0) is 21.4 Å².